The third kappa shape index (κ3) is 5.31. The molecule has 2 N–H and O–H groups in total. The van der Waals surface area contributed by atoms with E-state index in [1.165, 1.54) is 11.3 Å². The van der Waals surface area contributed by atoms with Crippen LogP contribution >= 0.6 is 0 Å². The number of aromatic nitrogens is 3. The molecule has 0 bridgehead atoms. The maximum atomic E-state index is 5.71. The van der Waals surface area contributed by atoms with E-state index in [1.807, 2.05) is 12.4 Å². The third-order valence-electron chi connectivity index (χ3n) is 8.08. The van der Waals surface area contributed by atoms with Gasteiger partial charge in [-0.25, -0.2) is 15.0 Å². The lowest BCUT2D eigenvalue weighted by molar-refractivity contribution is -0.141. The van der Waals surface area contributed by atoms with Gasteiger partial charge in [0.05, 0.1) is 24.1 Å². The number of ether oxygens (including phenoxy) is 3. The van der Waals surface area contributed by atoms with Crippen LogP contribution in [0, 0.1) is 12.8 Å². The van der Waals surface area contributed by atoms with Crippen molar-refractivity contribution >= 4 is 28.7 Å². The van der Waals surface area contributed by atoms with Crippen LogP contribution in [0.25, 0.3) is 0 Å². The van der Waals surface area contributed by atoms with Gasteiger partial charge in [-0.05, 0) is 56.0 Å². The molecular formula is C29H37N7O3. The van der Waals surface area contributed by atoms with Crippen LogP contribution in [0.4, 0.5) is 28.7 Å². The van der Waals surface area contributed by atoms with E-state index in [2.05, 4.69) is 61.6 Å². The normalized spacial score (nSPS) is 17.3. The van der Waals surface area contributed by atoms with Crippen molar-refractivity contribution in [2.75, 3.05) is 67.4 Å². The lowest BCUT2D eigenvalue weighted by atomic mass is 9.95. The first-order valence-electron chi connectivity index (χ1n) is 13.8. The summed E-state index contributed by atoms with van der Waals surface area (Å²) in [4.78, 5) is 18.8. The summed E-state index contributed by atoms with van der Waals surface area (Å²) in [6.45, 7) is 7.18. The number of fused-ring (bicyclic) bond motifs is 2. The van der Waals surface area contributed by atoms with E-state index >= 15 is 0 Å². The molecule has 0 aliphatic carbocycles. The van der Waals surface area contributed by atoms with Crippen molar-refractivity contribution in [1.29, 1.82) is 0 Å². The highest BCUT2D eigenvalue weighted by Crippen LogP contribution is 2.36. The molecule has 0 unspecified atom stereocenters. The molecule has 3 aliphatic rings. The van der Waals surface area contributed by atoms with Crippen molar-refractivity contribution < 1.29 is 14.2 Å². The van der Waals surface area contributed by atoms with Gasteiger partial charge in [-0.15, -0.1) is 0 Å². The molecule has 0 atom stereocenters. The Morgan fingerprint density at radius 3 is 2.59 bits per heavy atom. The first-order valence-corrected chi connectivity index (χ1v) is 13.8. The molecule has 0 radical (unpaired) electrons. The van der Waals surface area contributed by atoms with Gasteiger partial charge in [0.1, 0.15) is 12.3 Å². The number of methoxy groups -OCH3 is 2. The van der Waals surface area contributed by atoms with E-state index in [1.54, 1.807) is 14.2 Å². The van der Waals surface area contributed by atoms with Crippen LogP contribution < -0.4 is 25.2 Å². The van der Waals surface area contributed by atoms with Gasteiger partial charge in [0, 0.05) is 69.5 Å². The maximum Gasteiger partial charge on any atom is 0.237 e. The first-order chi connectivity index (χ1) is 19.1. The van der Waals surface area contributed by atoms with Gasteiger partial charge in [0.25, 0.3) is 0 Å². The molecular weight excluding hydrogens is 494 g/mol. The smallest absolute Gasteiger partial charge is 0.237 e. The first kappa shape index (κ1) is 25.6. The summed E-state index contributed by atoms with van der Waals surface area (Å²) < 4.78 is 16.6. The summed E-state index contributed by atoms with van der Waals surface area (Å²) in [6.07, 6.45) is 6.77. The molecule has 1 aromatic carbocycles. The highest BCUT2D eigenvalue weighted by atomic mass is 16.7. The lowest BCUT2D eigenvalue weighted by Crippen LogP contribution is -2.39. The van der Waals surface area contributed by atoms with Gasteiger partial charge in [-0.1, -0.05) is 0 Å². The number of pyridine rings is 1. The Labute approximate surface area is 229 Å². The zero-order chi connectivity index (χ0) is 26.8. The van der Waals surface area contributed by atoms with E-state index < -0.39 is 0 Å². The number of hydrogen-bond donors (Lipinski definition) is 2. The van der Waals surface area contributed by atoms with E-state index in [-0.39, 0.29) is 6.29 Å². The Morgan fingerprint density at radius 2 is 1.82 bits per heavy atom. The molecule has 39 heavy (non-hydrogen) atoms. The van der Waals surface area contributed by atoms with Gasteiger partial charge in [-0.2, -0.15) is 0 Å². The quantitative estimate of drug-likeness (QED) is 0.433. The number of anilines is 5. The predicted octanol–water partition coefficient (Wildman–Crippen LogP) is 4.13. The van der Waals surface area contributed by atoms with Crippen molar-refractivity contribution in [3.8, 4) is 5.88 Å². The van der Waals surface area contributed by atoms with Gasteiger partial charge in [0.15, 0.2) is 6.29 Å². The van der Waals surface area contributed by atoms with Gasteiger partial charge < -0.3 is 34.6 Å². The highest BCUT2D eigenvalue weighted by molar-refractivity contribution is 5.70. The Hall–Kier alpha value is -3.63. The van der Waals surface area contributed by atoms with E-state index in [0.29, 0.717) is 24.4 Å². The molecule has 5 heterocycles. The van der Waals surface area contributed by atoms with Crippen molar-refractivity contribution in [2.24, 2.45) is 5.92 Å². The summed E-state index contributed by atoms with van der Waals surface area (Å²) in [5.41, 5.74) is 7.72. The van der Waals surface area contributed by atoms with E-state index in [9.17, 15) is 0 Å². The summed E-state index contributed by atoms with van der Waals surface area (Å²) >= 11 is 0. The van der Waals surface area contributed by atoms with E-state index in [0.717, 1.165) is 80.3 Å². The molecule has 0 spiro atoms. The molecule has 1 fully saturated rings. The average molecular weight is 532 g/mol. The molecule has 1 saturated heterocycles. The predicted molar refractivity (Wildman–Crippen MR) is 152 cm³/mol. The Balaban J connectivity index is 1.10. The van der Waals surface area contributed by atoms with Crippen molar-refractivity contribution in [1.82, 2.24) is 15.0 Å². The minimum absolute atomic E-state index is 0.118. The van der Waals surface area contributed by atoms with Gasteiger partial charge in [0.2, 0.25) is 11.8 Å². The number of benzene rings is 1. The standard InChI is InChI=1S/C29H37N7O3/c1-19-25(17-31-27-26(19)30-11-15-39-27)36-14-10-21-16-32-29(34-24(21)18-36)33-22-4-6-23(7-5-22)35-12-8-20(9-13-35)28(37-2)38-3/h4-7,16-17,20,28,30H,8-15,18H2,1-3H3,(H,32,33,34). The van der Waals surface area contributed by atoms with Crippen LogP contribution in [0.2, 0.25) is 0 Å². The molecule has 0 saturated carbocycles. The lowest BCUT2D eigenvalue weighted by Gasteiger charge is -2.36. The Kier molecular flexibility index (Phi) is 7.38. The Bertz CT molecular complexity index is 1290. The zero-order valence-electron chi connectivity index (χ0n) is 22.9. The van der Waals surface area contributed by atoms with Crippen LogP contribution in [0.1, 0.15) is 29.7 Å². The maximum absolute atomic E-state index is 5.71. The van der Waals surface area contributed by atoms with Crippen LogP contribution in [-0.2, 0) is 22.4 Å². The molecule has 3 aromatic rings. The third-order valence-corrected chi connectivity index (χ3v) is 8.08. The number of nitrogens with zero attached hydrogens (tertiary/aromatic N) is 5. The average Bonchev–Trinajstić information content (AvgIpc) is 2.99. The number of hydrogen-bond acceptors (Lipinski definition) is 10. The van der Waals surface area contributed by atoms with Crippen molar-refractivity contribution in [2.45, 2.75) is 39.0 Å². The Morgan fingerprint density at radius 1 is 1.03 bits per heavy atom. The van der Waals surface area contributed by atoms with Crippen LogP contribution in [0.15, 0.2) is 36.7 Å². The molecule has 10 heteroatoms. The number of rotatable bonds is 7. The second-order valence-electron chi connectivity index (χ2n) is 10.4. The van der Waals surface area contributed by atoms with E-state index in [4.69, 9.17) is 19.2 Å². The zero-order valence-corrected chi connectivity index (χ0v) is 22.9. The summed E-state index contributed by atoms with van der Waals surface area (Å²) in [5.74, 6) is 1.74. The summed E-state index contributed by atoms with van der Waals surface area (Å²) in [7, 11) is 3.44. The number of piperidine rings is 1. The summed E-state index contributed by atoms with van der Waals surface area (Å²) in [6, 6.07) is 8.52. The minimum atomic E-state index is -0.118. The second kappa shape index (κ2) is 11.2. The molecule has 0 amide bonds. The van der Waals surface area contributed by atoms with Crippen LogP contribution in [-0.4, -0.2) is 68.2 Å². The van der Waals surface area contributed by atoms with Gasteiger partial charge >= 0.3 is 0 Å². The highest BCUT2D eigenvalue weighted by Gasteiger charge is 2.27. The fourth-order valence-electron chi connectivity index (χ4n) is 5.89. The van der Waals surface area contributed by atoms with Crippen molar-refractivity contribution in [3.63, 3.8) is 0 Å². The molecule has 6 rings (SSSR count). The SMILES string of the molecule is COC(OC)C1CCN(c2ccc(Nc3ncc4c(n3)CN(c3cnc5c(c3C)NCCO5)CC4)cc2)CC1. The topological polar surface area (TPSA) is 96.9 Å². The monoisotopic (exact) mass is 531 g/mol. The number of nitrogens with one attached hydrogen (secondary N) is 2. The summed E-state index contributed by atoms with van der Waals surface area (Å²) in [5, 5.41) is 6.84. The minimum Gasteiger partial charge on any atom is -0.474 e. The fraction of sp³-hybridized carbons (Fsp3) is 0.483. The van der Waals surface area contributed by atoms with Crippen LogP contribution in [0.5, 0.6) is 5.88 Å². The largest absolute Gasteiger partial charge is 0.474 e. The molecule has 3 aliphatic heterocycles. The fourth-order valence-corrected chi connectivity index (χ4v) is 5.89. The second-order valence-corrected chi connectivity index (χ2v) is 10.4. The van der Waals surface area contributed by atoms with Crippen LogP contribution in [0.3, 0.4) is 0 Å². The molecule has 2 aromatic heterocycles. The van der Waals surface area contributed by atoms with Gasteiger partial charge in [-0.3, -0.25) is 0 Å². The molecule has 206 valence electrons. The van der Waals surface area contributed by atoms with Crippen molar-refractivity contribution in [3.05, 3.63) is 53.5 Å². The molecule has 10 nitrogen and oxygen atoms in total.